The van der Waals surface area contributed by atoms with Gasteiger partial charge in [0.15, 0.2) is 5.82 Å². The summed E-state index contributed by atoms with van der Waals surface area (Å²) in [4.78, 5) is 16.0. The van der Waals surface area contributed by atoms with Crippen molar-refractivity contribution in [3.05, 3.63) is 82.9 Å². The van der Waals surface area contributed by atoms with Gasteiger partial charge in [-0.1, -0.05) is 6.07 Å². The number of hydrogen-bond acceptors (Lipinski definition) is 6. The van der Waals surface area contributed by atoms with E-state index in [1.165, 1.54) is 12.1 Å². The number of anilines is 3. The topological polar surface area (TPSA) is 94.3 Å². The van der Waals surface area contributed by atoms with Crippen LogP contribution in [0.3, 0.4) is 0 Å². The fourth-order valence-corrected chi connectivity index (χ4v) is 5.79. The van der Waals surface area contributed by atoms with Gasteiger partial charge in [-0.3, -0.25) is 9.89 Å². The molecule has 0 bridgehead atoms. The summed E-state index contributed by atoms with van der Waals surface area (Å²) in [7, 11) is 2.15. The molecule has 0 unspecified atom stereocenters. The predicted octanol–water partition coefficient (Wildman–Crippen LogP) is 5.78. The van der Waals surface area contributed by atoms with Gasteiger partial charge in [-0.05, 0) is 106 Å². The van der Waals surface area contributed by atoms with Gasteiger partial charge in [0.25, 0.3) is 5.91 Å². The molecule has 2 saturated heterocycles. The van der Waals surface area contributed by atoms with Crippen LogP contribution < -0.4 is 16.0 Å². The van der Waals surface area contributed by atoms with Gasteiger partial charge in [0.05, 0.1) is 11.1 Å². The first-order chi connectivity index (χ1) is 20.4. The highest BCUT2D eigenvalue weighted by atomic mass is 19.1. The first kappa shape index (κ1) is 28.1. The second kappa shape index (κ2) is 12.5. The highest BCUT2D eigenvalue weighted by Gasteiger charge is 2.21. The molecule has 10 heteroatoms. The molecule has 1 amide bonds. The van der Waals surface area contributed by atoms with E-state index in [0.717, 1.165) is 72.7 Å². The molecule has 0 spiro atoms. The summed E-state index contributed by atoms with van der Waals surface area (Å²) < 4.78 is 33.0. The van der Waals surface area contributed by atoms with Gasteiger partial charge in [-0.15, -0.1) is 0 Å². The van der Waals surface area contributed by atoms with Crippen LogP contribution in [-0.2, 0) is 11.2 Å². The fourth-order valence-electron chi connectivity index (χ4n) is 5.79. The Morgan fingerprint density at radius 3 is 2.43 bits per heavy atom. The standard InChI is InChI=1S/C32H36F2N6O2/c1-40-10-6-24(7-11-40)35-26-3-4-27(30(19-26)36-25-8-12-42-13-9-25)32(41)37-31-28-17-20(2-5-29(28)38-39-31)14-21-15-22(33)18-23(34)16-21/h2-5,15-19,24-25,35-36H,6-14H2,1H3,(H2,37,38,39,41). The van der Waals surface area contributed by atoms with Gasteiger partial charge in [0, 0.05) is 48.1 Å². The summed E-state index contributed by atoms with van der Waals surface area (Å²) >= 11 is 0. The van der Waals surface area contributed by atoms with Crippen molar-refractivity contribution >= 4 is 34.0 Å². The van der Waals surface area contributed by atoms with Gasteiger partial charge >= 0.3 is 0 Å². The number of aromatic nitrogens is 2. The average molecular weight is 575 g/mol. The molecule has 0 atom stereocenters. The van der Waals surface area contributed by atoms with Crippen molar-refractivity contribution in [2.45, 2.75) is 44.2 Å². The Hall–Kier alpha value is -4.02. The number of fused-ring (bicyclic) bond motifs is 1. The molecule has 1 aromatic heterocycles. The number of hydrogen-bond donors (Lipinski definition) is 4. The summed E-state index contributed by atoms with van der Waals surface area (Å²) in [5.74, 6) is -1.10. The van der Waals surface area contributed by atoms with Crippen molar-refractivity contribution < 1.29 is 18.3 Å². The second-order valence-electron chi connectivity index (χ2n) is 11.4. The van der Waals surface area contributed by atoms with Crippen molar-refractivity contribution in [2.75, 3.05) is 49.3 Å². The summed E-state index contributed by atoms with van der Waals surface area (Å²) in [6.07, 6.45) is 4.23. The Labute approximate surface area is 243 Å². The van der Waals surface area contributed by atoms with Gasteiger partial charge in [0.1, 0.15) is 11.6 Å². The number of piperidine rings is 1. The van der Waals surface area contributed by atoms with Crippen molar-refractivity contribution in [3.8, 4) is 0 Å². The summed E-state index contributed by atoms with van der Waals surface area (Å²) in [6.45, 7) is 3.50. The number of nitrogens with zero attached hydrogens (tertiary/aromatic N) is 2. The van der Waals surface area contributed by atoms with Crippen LogP contribution >= 0.6 is 0 Å². The number of carbonyl (C=O) groups is 1. The number of amides is 1. The lowest BCUT2D eigenvalue weighted by atomic mass is 10.0. The molecule has 4 N–H and O–H groups in total. The fraction of sp³-hybridized carbons (Fsp3) is 0.375. The van der Waals surface area contributed by atoms with E-state index in [2.05, 4.69) is 38.1 Å². The van der Waals surface area contributed by atoms with E-state index in [4.69, 9.17) is 4.74 Å². The summed E-state index contributed by atoms with van der Waals surface area (Å²) in [6, 6.07) is 15.6. The first-order valence-corrected chi connectivity index (χ1v) is 14.6. The van der Waals surface area contributed by atoms with E-state index in [-0.39, 0.29) is 11.9 Å². The minimum atomic E-state index is -0.611. The number of rotatable bonds is 8. The Bertz CT molecular complexity index is 1540. The molecule has 3 aromatic carbocycles. The lowest BCUT2D eigenvalue weighted by molar-refractivity contribution is 0.0904. The molecule has 2 aliphatic rings. The zero-order valence-corrected chi connectivity index (χ0v) is 23.7. The molecule has 220 valence electrons. The van der Waals surface area contributed by atoms with Crippen LogP contribution in [0.4, 0.5) is 26.0 Å². The van der Waals surface area contributed by atoms with Crippen molar-refractivity contribution in [1.29, 1.82) is 0 Å². The lowest BCUT2D eigenvalue weighted by Gasteiger charge is -2.30. The molecular formula is C32H36F2N6O2. The summed E-state index contributed by atoms with van der Waals surface area (Å²) in [5, 5.41) is 18.3. The van der Waals surface area contributed by atoms with Crippen molar-refractivity contribution in [3.63, 3.8) is 0 Å². The van der Waals surface area contributed by atoms with Crippen LogP contribution in [0, 0.1) is 11.6 Å². The van der Waals surface area contributed by atoms with E-state index < -0.39 is 11.6 Å². The lowest BCUT2D eigenvalue weighted by Crippen LogP contribution is -2.36. The quantitative estimate of drug-likeness (QED) is 0.213. The van der Waals surface area contributed by atoms with Crippen molar-refractivity contribution in [2.24, 2.45) is 0 Å². The van der Waals surface area contributed by atoms with Crippen LogP contribution in [0.5, 0.6) is 0 Å². The van der Waals surface area contributed by atoms with Crippen LogP contribution in [0.15, 0.2) is 54.6 Å². The SMILES string of the molecule is CN1CCC(Nc2ccc(C(=O)Nc3n[nH]c4ccc(Cc5cc(F)cc(F)c5)cc34)c(NC3CCOCC3)c2)CC1. The van der Waals surface area contributed by atoms with E-state index in [9.17, 15) is 13.6 Å². The number of carbonyl (C=O) groups excluding carboxylic acids is 1. The zero-order valence-electron chi connectivity index (χ0n) is 23.7. The normalized spacial score (nSPS) is 16.9. The highest BCUT2D eigenvalue weighted by Crippen LogP contribution is 2.29. The highest BCUT2D eigenvalue weighted by molar-refractivity contribution is 6.11. The van der Waals surface area contributed by atoms with E-state index >= 15 is 0 Å². The molecule has 3 heterocycles. The minimum absolute atomic E-state index is 0.213. The molecular weight excluding hydrogens is 538 g/mol. The Morgan fingerprint density at radius 2 is 1.67 bits per heavy atom. The number of aromatic amines is 1. The molecule has 8 nitrogen and oxygen atoms in total. The van der Waals surface area contributed by atoms with E-state index in [1.54, 1.807) is 0 Å². The Morgan fingerprint density at radius 1 is 0.929 bits per heavy atom. The zero-order chi connectivity index (χ0) is 29.1. The van der Waals surface area contributed by atoms with Gasteiger partial charge in [-0.2, -0.15) is 5.10 Å². The first-order valence-electron chi connectivity index (χ1n) is 14.6. The number of halogens is 2. The molecule has 2 fully saturated rings. The molecule has 0 radical (unpaired) electrons. The average Bonchev–Trinajstić information content (AvgIpc) is 3.36. The summed E-state index contributed by atoms with van der Waals surface area (Å²) in [5.41, 5.74) is 4.40. The van der Waals surface area contributed by atoms with Crippen molar-refractivity contribution in [1.82, 2.24) is 15.1 Å². The number of benzene rings is 3. The third kappa shape index (κ3) is 6.71. The molecule has 4 aromatic rings. The third-order valence-corrected chi connectivity index (χ3v) is 8.12. The number of ether oxygens (including phenoxy) is 1. The van der Waals surface area contributed by atoms with Gasteiger partial charge in [0.2, 0.25) is 0 Å². The van der Waals surface area contributed by atoms with Crippen LogP contribution in [0.25, 0.3) is 10.9 Å². The van der Waals surface area contributed by atoms with E-state index in [1.807, 2.05) is 36.4 Å². The second-order valence-corrected chi connectivity index (χ2v) is 11.4. The molecule has 0 aliphatic carbocycles. The smallest absolute Gasteiger partial charge is 0.258 e. The van der Waals surface area contributed by atoms with E-state index in [0.29, 0.717) is 42.6 Å². The Kier molecular flexibility index (Phi) is 8.34. The van der Waals surface area contributed by atoms with Gasteiger partial charge in [-0.25, -0.2) is 8.78 Å². The molecule has 6 rings (SSSR count). The molecule has 2 aliphatic heterocycles. The largest absolute Gasteiger partial charge is 0.382 e. The maximum atomic E-state index is 13.7. The number of likely N-dealkylation sites (tertiary alicyclic amines) is 1. The van der Waals surface area contributed by atoms with Crippen LogP contribution in [0.1, 0.15) is 47.2 Å². The van der Waals surface area contributed by atoms with Crippen LogP contribution in [0.2, 0.25) is 0 Å². The predicted molar refractivity (Wildman–Crippen MR) is 161 cm³/mol. The number of H-pyrrole nitrogens is 1. The Balaban J connectivity index is 1.23. The van der Waals surface area contributed by atoms with Gasteiger partial charge < -0.3 is 25.6 Å². The maximum absolute atomic E-state index is 13.7. The minimum Gasteiger partial charge on any atom is -0.382 e. The third-order valence-electron chi connectivity index (χ3n) is 8.12. The maximum Gasteiger partial charge on any atom is 0.258 e. The number of nitrogens with one attached hydrogen (secondary N) is 4. The van der Waals surface area contributed by atoms with Crippen LogP contribution in [-0.4, -0.2) is 66.4 Å². The monoisotopic (exact) mass is 574 g/mol. The molecule has 0 saturated carbocycles. The molecule has 42 heavy (non-hydrogen) atoms.